The summed E-state index contributed by atoms with van der Waals surface area (Å²) >= 11 is 1.81. The zero-order chi connectivity index (χ0) is 14.8. The molecule has 4 unspecified atom stereocenters. The fourth-order valence-electron chi connectivity index (χ4n) is 3.51. The van der Waals surface area contributed by atoms with Crippen molar-refractivity contribution in [1.29, 1.82) is 0 Å². The van der Waals surface area contributed by atoms with Crippen LogP contribution in [0.2, 0.25) is 0 Å². The predicted octanol–water partition coefficient (Wildman–Crippen LogP) is 4.33. The van der Waals surface area contributed by atoms with Crippen LogP contribution in [0.5, 0.6) is 0 Å². The van der Waals surface area contributed by atoms with Crippen LogP contribution in [0.3, 0.4) is 0 Å². The van der Waals surface area contributed by atoms with Gasteiger partial charge in [0.05, 0.1) is 0 Å². The zero-order valence-electron chi connectivity index (χ0n) is 13.0. The standard InChI is InChI=1S/C17H24N2OS/c1-4-18-14-10-11(2)9-12(3)16(14)21-17-19-13-7-5-6-8-15(13)20-17/h5-8,11-12,14,16,18H,4,9-10H2,1-3H3. The molecule has 1 N–H and O–H groups in total. The fraction of sp³-hybridized carbons (Fsp3) is 0.588. The first-order valence-corrected chi connectivity index (χ1v) is 8.81. The summed E-state index contributed by atoms with van der Waals surface area (Å²) in [5.41, 5.74) is 1.84. The summed E-state index contributed by atoms with van der Waals surface area (Å²) in [4.78, 5) is 4.62. The summed E-state index contributed by atoms with van der Waals surface area (Å²) in [6.07, 6.45) is 2.54. The average molecular weight is 304 g/mol. The Bertz CT molecular complexity index is 564. The van der Waals surface area contributed by atoms with E-state index in [1.165, 1.54) is 12.8 Å². The molecule has 0 saturated heterocycles. The van der Waals surface area contributed by atoms with Gasteiger partial charge in [0.15, 0.2) is 5.58 Å². The topological polar surface area (TPSA) is 38.1 Å². The molecule has 0 amide bonds. The Kier molecular flexibility index (Phi) is 4.55. The van der Waals surface area contributed by atoms with Crippen LogP contribution in [0, 0.1) is 11.8 Å². The van der Waals surface area contributed by atoms with Crippen molar-refractivity contribution in [3.63, 3.8) is 0 Å². The third kappa shape index (κ3) is 3.27. The smallest absolute Gasteiger partial charge is 0.257 e. The summed E-state index contributed by atoms with van der Waals surface area (Å²) < 4.78 is 5.90. The van der Waals surface area contributed by atoms with Gasteiger partial charge < -0.3 is 9.73 Å². The number of nitrogens with zero attached hydrogens (tertiary/aromatic N) is 1. The Hall–Kier alpha value is -1.00. The molecule has 4 heteroatoms. The van der Waals surface area contributed by atoms with E-state index in [0.717, 1.165) is 28.8 Å². The van der Waals surface area contributed by atoms with Crippen LogP contribution in [-0.2, 0) is 0 Å². The monoisotopic (exact) mass is 304 g/mol. The Morgan fingerprint density at radius 3 is 2.86 bits per heavy atom. The number of hydrogen-bond acceptors (Lipinski definition) is 4. The number of benzene rings is 1. The summed E-state index contributed by atoms with van der Waals surface area (Å²) in [6, 6.07) is 8.55. The van der Waals surface area contributed by atoms with Gasteiger partial charge in [-0.3, -0.25) is 0 Å². The quantitative estimate of drug-likeness (QED) is 0.912. The first-order chi connectivity index (χ1) is 10.2. The fourth-order valence-corrected chi connectivity index (χ4v) is 4.74. The van der Waals surface area contributed by atoms with Crippen molar-refractivity contribution >= 4 is 22.9 Å². The number of hydrogen-bond donors (Lipinski definition) is 1. The van der Waals surface area contributed by atoms with E-state index in [9.17, 15) is 0 Å². The number of aromatic nitrogens is 1. The average Bonchev–Trinajstić information content (AvgIpc) is 2.85. The molecule has 3 rings (SSSR count). The van der Waals surface area contributed by atoms with Gasteiger partial charge in [-0.05, 0) is 43.4 Å². The molecule has 1 aliphatic rings. The second-order valence-corrected chi connectivity index (χ2v) is 7.38. The number of rotatable bonds is 4. The lowest BCUT2D eigenvalue weighted by Gasteiger charge is -2.39. The maximum absolute atomic E-state index is 5.90. The van der Waals surface area contributed by atoms with Crippen molar-refractivity contribution in [3.8, 4) is 0 Å². The van der Waals surface area contributed by atoms with Gasteiger partial charge in [-0.25, -0.2) is 4.98 Å². The highest BCUT2D eigenvalue weighted by Crippen LogP contribution is 2.40. The number of thioether (sulfide) groups is 1. The van der Waals surface area contributed by atoms with Crippen LogP contribution >= 0.6 is 11.8 Å². The highest BCUT2D eigenvalue weighted by Gasteiger charge is 2.35. The molecule has 114 valence electrons. The van der Waals surface area contributed by atoms with E-state index in [1.54, 1.807) is 0 Å². The molecule has 0 spiro atoms. The molecule has 1 fully saturated rings. The van der Waals surface area contributed by atoms with Crippen molar-refractivity contribution in [1.82, 2.24) is 10.3 Å². The van der Waals surface area contributed by atoms with Crippen LogP contribution in [0.25, 0.3) is 11.1 Å². The molecule has 21 heavy (non-hydrogen) atoms. The highest BCUT2D eigenvalue weighted by molar-refractivity contribution is 7.99. The summed E-state index contributed by atoms with van der Waals surface area (Å²) in [5.74, 6) is 1.47. The van der Waals surface area contributed by atoms with E-state index in [1.807, 2.05) is 36.0 Å². The molecule has 0 radical (unpaired) electrons. The zero-order valence-corrected chi connectivity index (χ0v) is 13.8. The van der Waals surface area contributed by atoms with Crippen molar-refractivity contribution in [2.24, 2.45) is 11.8 Å². The lowest BCUT2D eigenvalue weighted by molar-refractivity contribution is 0.250. The van der Waals surface area contributed by atoms with Crippen LogP contribution in [0.15, 0.2) is 33.9 Å². The maximum Gasteiger partial charge on any atom is 0.257 e. The van der Waals surface area contributed by atoms with Crippen molar-refractivity contribution in [2.45, 2.75) is 50.1 Å². The molecule has 0 bridgehead atoms. The molecular formula is C17H24N2OS. The number of fused-ring (bicyclic) bond motifs is 1. The molecule has 1 heterocycles. The van der Waals surface area contributed by atoms with E-state index < -0.39 is 0 Å². The van der Waals surface area contributed by atoms with E-state index >= 15 is 0 Å². The minimum Gasteiger partial charge on any atom is -0.431 e. The van der Waals surface area contributed by atoms with E-state index in [4.69, 9.17) is 4.42 Å². The Balaban J connectivity index is 1.80. The molecule has 0 aliphatic heterocycles. The van der Waals surface area contributed by atoms with Crippen molar-refractivity contribution in [2.75, 3.05) is 6.54 Å². The third-order valence-electron chi connectivity index (χ3n) is 4.37. The molecule has 4 atom stereocenters. The summed E-state index contributed by atoms with van der Waals surface area (Å²) in [6.45, 7) is 7.93. The summed E-state index contributed by atoms with van der Waals surface area (Å²) in [7, 11) is 0. The van der Waals surface area contributed by atoms with Crippen LogP contribution in [-0.4, -0.2) is 22.8 Å². The molecule has 3 nitrogen and oxygen atoms in total. The van der Waals surface area contributed by atoms with E-state index in [-0.39, 0.29) is 0 Å². The highest BCUT2D eigenvalue weighted by atomic mass is 32.2. The van der Waals surface area contributed by atoms with Crippen LogP contribution < -0.4 is 5.32 Å². The lowest BCUT2D eigenvalue weighted by Crippen LogP contribution is -2.46. The Labute approximate surface area is 130 Å². The minimum atomic E-state index is 0.536. The number of oxazole rings is 1. The van der Waals surface area contributed by atoms with Gasteiger partial charge in [0.2, 0.25) is 0 Å². The van der Waals surface area contributed by atoms with Gasteiger partial charge in [-0.15, -0.1) is 0 Å². The molecular weight excluding hydrogens is 280 g/mol. The second kappa shape index (κ2) is 6.41. The van der Waals surface area contributed by atoms with Gasteiger partial charge in [0, 0.05) is 11.3 Å². The van der Waals surface area contributed by atoms with Crippen LogP contribution in [0.4, 0.5) is 0 Å². The maximum atomic E-state index is 5.90. The van der Waals surface area contributed by atoms with Gasteiger partial charge >= 0.3 is 0 Å². The SMILES string of the molecule is CCNC1CC(C)CC(C)C1Sc1nc2ccccc2o1. The van der Waals surface area contributed by atoms with Gasteiger partial charge in [0.1, 0.15) is 5.52 Å². The number of nitrogens with one attached hydrogen (secondary N) is 1. The molecule has 1 aromatic carbocycles. The molecule has 1 aliphatic carbocycles. The largest absolute Gasteiger partial charge is 0.431 e. The lowest BCUT2D eigenvalue weighted by atomic mass is 9.80. The third-order valence-corrected chi connectivity index (χ3v) is 5.81. The minimum absolute atomic E-state index is 0.536. The summed E-state index contributed by atoms with van der Waals surface area (Å²) in [5, 5.41) is 5.01. The molecule has 1 aromatic heterocycles. The van der Waals surface area contributed by atoms with E-state index in [2.05, 4.69) is 31.1 Å². The Morgan fingerprint density at radius 2 is 2.10 bits per heavy atom. The first-order valence-electron chi connectivity index (χ1n) is 7.93. The van der Waals surface area contributed by atoms with Gasteiger partial charge in [-0.2, -0.15) is 0 Å². The normalized spacial score (nSPS) is 29.9. The van der Waals surface area contributed by atoms with Gasteiger partial charge in [0.25, 0.3) is 5.22 Å². The van der Waals surface area contributed by atoms with Crippen molar-refractivity contribution < 1.29 is 4.42 Å². The molecule has 2 aromatic rings. The predicted molar refractivity (Wildman–Crippen MR) is 88.7 cm³/mol. The Morgan fingerprint density at radius 1 is 1.29 bits per heavy atom. The van der Waals surface area contributed by atoms with Gasteiger partial charge in [-0.1, -0.05) is 44.7 Å². The van der Waals surface area contributed by atoms with Crippen molar-refractivity contribution in [3.05, 3.63) is 24.3 Å². The van der Waals surface area contributed by atoms with Crippen LogP contribution in [0.1, 0.15) is 33.6 Å². The first kappa shape index (κ1) is 14.9. The second-order valence-electron chi connectivity index (χ2n) is 6.25. The number of para-hydroxylation sites is 2. The molecule has 1 saturated carbocycles. The van der Waals surface area contributed by atoms with E-state index in [0.29, 0.717) is 17.2 Å².